The van der Waals surface area contributed by atoms with Gasteiger partial charge in [-0.05, 0) is 30.5 Å². The van der Waals surface area contributed by atoms with E-state index in [1.165, 1.54) is 0 Å². The van der Waals surface area contributed by atoms with E-state index in [9.17, 15) is 14.4 Å². The fourth-order valence-corrected chi connectivity index (χ4v) is 2.76. The molecule has 8 nitrogen and oxygen atoms in total. The van der Waals surface area contributed by atoms with Crippen molar-refractivity contribution in [3.63, 3.8) is 0 Å². The van der Waals surface area contributed by atoms with Crippen LogP contribution in [-0.2, 0) is 14.3 Å². The van der Waals surface area contributed by atoms with E-state index in [0.717, 1.165) is 17.7 Å². The van der Waals surface area contributed by atoms with Crippen molar-refractivity contribution in [2.45, 2.75) is 25.9 Å². The van der Waals surface area contributed by atoms with Crippen molar-refractivity contribution in [2.75, 3.05) is 5.32 Å². The average Bonchev–Trinajstić information content (AvgIpc) is 3.35. The first kappa shape index (κ1) is 16.0. The molecule has 1 aliphatic carbocycles. The summed E-state index contributed by atoms with van der Waals surface area (Å²) in [6, 6.07) is 7.13. The van der Waals surface area contributed by atoms with Crippen molar-refractivity contribution in [2.24, 2.45) is 22.7 Å². The number of amides is 3. The number of nitrogens with zero attached hydrogens (tertiary/aromatic N) is 1. The Balaban J connectivity index is 1.66. The zero-order chi connectivity index (χ0) is 17.3. The fraction of sp³-hybridized carbons (Fsp3) is 0.375. The van der Waals surface area contributed by atoms with E-state index in [1.807, 2.05) is 12.1 Å². The van der Waals surface area contributed by atoms with Gasteiger partial charge in [-0.2, -0.15) is 5.10 Å². The minimum Gasteiger partial charge on any atom is -0.436 e. The largest absolute Gasteiger partial charge is 0.436 e. The van der Waals surface area contributed by atoms with E-state index in [1.54, 1.807) is 19.1 Å². The predicted molar refractivity (Wildman–Crippen MR) is 86.1 cm³/mol. The lowest BCUT2D eigenvalue weighted by atomic mass is 10.0. The van der Waals surface area contributed by atoms with Crippen LogP contribution in [-0.4, -0.2) is 29.7 Å². The second-order valence-corrected chi connectivity index (χ2v) is 5.82. The number of hydrazone groups is 1. The number of anilines is 1. The van der Waals surface area contributed by atoms with Crippen molar-refractivity contribution in [1.29, 1.82) is 0 Å². The summed E-state index contributed by atoms with van der Waals surface area (Å²) < 4.78 is 4.75. The average molecular weight is 330 g/mol. The highest BCUT2D eigenvalue weighted by Gasteiger charge is 2.49. The molecule has 0 saturated heterocycles. The molecular weight excluding hydrogens is 312 g/mol. The Hall–Kier alpha value is -2.90. The molecule has 1 heterocycles. The topological polar surface area (TPSA) is 123 Å². The highest BCUT2D eigenvalue weighted by atomic mass is 16.6. The van der Waals surface area contributed by atoms with E-state index in [-0.39, 0.29) is 17.7 Å². The predicted octanol–water partition coefficient (Wildman–Crippen LogP) is 0.969. The number of ether oxygens (including phenoxy) is 1. The van der Waals surface area contributed by atoms with Crippen molar-refractivity contribution in [3.05, 3.63) is 29.8 Å². The normalized spacial score (nSPS) is 22.5. The molecule has 3 amide bonds. The van der Waals surface area contributed by atoms with Gasteiger partial charge in [0.15, 0.2) is 6.10 Å². The van der Waals surface area contributed by atoms with Gasteiger partial charge < -0.3 is 15.8 Å². The van der Waals surface area contributed by atoms with E-state index in [0.29, 0.717) is 12.1 Å². The van der Waals surface area contributed by atoms with Gasteiger partial charge in [-0.15, -0.1) is 0 Å². The van der Waals surface area contributed by atoms with Gasteiger partial charge in [-0.3, -0.25) is 9.59 Å². The van der Waals surface area contributed by atoms with Crippen LogP contribution in [0.2, 0.25) is 0 Å². The summed E-state index contributed by atoms with van der Waals surface area (Å²) in [5, 5.41) is 6.80. The molecule has 3 atom stereocenters. The number of fused-ring (bicyclic) bond motifs is 1. The van der Waals surface area contributed by atoms with E-state index >= 15 is 0 Å². The molecule has 2 aliphatic rings. The molecular formula is C16H18N4O4. The lowest BCUT2D eigenvalue weighted by Crippen LogP contribution is -2.33. The van der Waals surface area contributed by atoms with Crippen LogP contribution in [0.1, 0.15) is 25.3 Å². The SMILES string of the molecule is CCC(OC(N)=O)C(=O)Nc1ccc(C2=NNC(=O)C3CC23)cc1. The number of carbonyl (C=O) groups excluding carboxylic acids is 3. The highest BCUT2D eigenvalue weighted by molar-refractivity contribution is 6.09. The molecule has 1 aromatic carbocycles. The monoisotopic (exact) mass is 330 g/mol. The number of hydrogen-bond acceptors (Lipinski definition) is 5. The summed E-state index contributed by atoms with van der Waals surface area (Å²) in [6.07, 6.45) is -0.755. The standard InChI is InChI=1S/C16H18N4O4/c1-2-12(24-16(17)23)15(22)18-9-5-3-8(4-6-9)13-10-7-11(10)14(21)20-19-13/h3-6,10-12H,2,7H2,1H3,(H2,17,23)(H,18,22)(H,20,21). The van der Waals surface area contributed by atoms with E-state index in [2.05, 4.69) is 15.8 Å². The van der Waals surface area contributed by atoms with Crippen LogP contribution in [0.4, 0.5) is 10.5 Å². The smallest absolute Gasteiger partial charge is 0.405 e. The first-order valence-corrected chi connectivity index (χ1v) is 7.74. The maximum Gasteiger partial charge on any atom is 0.405 e. The lowest BCUT2D eigenvalue weighted by Gasteiger charge is -2.15. The van der Waals surface area contributed by atoms with Crippen LogP contribution >= 0.6 is 0 Å². The molecule has 126 valence electrons. The van der Waals surface area contributed by atoms with Gasteiger partial charge in [0.25, 0.3) is 5.91 Å². The number of nitrogens with two attached hydrogens (primary N) is 1. The molecule has 3 unspecified atom stereocenters. The minimum absolute atomic E-state index is 0.0207. The van der Waals surface area contributed by atoms with Crippen LogP contribution in [0.3, 0.4) is 0 Å². The highest BCUT2D eigenvalue weighted by Crippen LogP contribution is 2.43. The summed E-state index contributed by atoms with van der Waals surface area (Å²) in [4.78, 5) is 34.3. The van der Waals surface area contributed by atoms with Gasteiger partial charge in [0.05, 0.1) is 5.71 Å². The summed E-state index contributed by atoms with van der Waals surface area (Å²) in [7, 11) is 0. The minimum atomic E-state index is -0.983. The van der Waals surface area contributed by atoms with Crippen LogP contribution in [0.15, 0.2) is 29.4 Å². The lowest BCUT2D eigenvalue weighted by molar-refractivity contribution is -0.124. The molecule has 1 saturated carbocycles. The van der Waals surface area contributed by atoms with Crippen molar-refractivity contribution < 1.29 is 19.1 Å². The third-order valence-electron chi connectivity index (χ3n) is 4.13. The van der Waals surface area contributed by atoms with Crippen LogP contribution in [0, 0.1) is 11.8 Å². The Morgan fingerprint density at radius 1 is 1.38 bits per heavy atom. The molecule has 0 spiro atoms. The summed E-state index contributed by atoms with van der Waals surface area (Å²) in [6.45, 7) is 1.72. The van der Waals surface area contributed by atoms with Gasteiger partial charge >= 0.3 is 6.09 Å². The Bertz CT molecular complexity index is 713. The van der Waals surface area contributed by atoms with Crippen molar-refractivity contribution in [3.8, 4) is 0 Å². The third kappa shape index (κ3) is 3.22. The molecule has 1 aliphatic heterocycles. The number of benzene rings is 1. The van der Waals surface area contributed by atoms with Gasteiger partial charge in [-0.25, -0.2) is 10.2 Å². The maximum absolute atomic E-state index is 12.0. The molecule has 0 bridgehead atoms. The van der Waals surface area contributed by atoms with Gasteiger partial charge in [0.1, 0.15) is 0 Å². The number of nitrogens with one attached hydrogen (secondary N) is 2. The Morgan fingerprint density at radius 2 is 2.08 bits per heavy atom. The molecule has 0 radical (unpaired) electrons. The summed E-state index contributed by atoms with van der Waals surface area (Å²) in [5.41, 5.74) is 9.81. The van der Waals surface area contributed by atoms with Crippen molar-refractivity contribution >= 4 is 29.3 Å². The maximum atomic E-state index is 12.0. The Labute approximate surface area is 138 Å². The quantitative estimate of drug-likeness (QED) is 0.744. The number of carbonyl (C=O) groups is 3. The zero-order valence-electron chi connectivity index (χ0n) is 13.1. The van der Waals surface area contributed by atoms with Gasteiger partial charge in [0, 0.05) is 17.5 Å². The number of primary amides is 1. The molecule has 1 aromatic rings. The van der Waals surface area contributed by atoms with Crippen LogP contribution in [0.25, 0.3) is 0 Å². The number of rotatable bonds is 5. The molecule has 24 heavy (non-hydrogen) atoms. The molecule has 8 heteroatoms. The van der Waals surface area contributed by atoms with Gasteiger partial charge in [-0.1, -0.05) is 19.1 Å². The van der Waals surface area contributed by atoms with Crippen molar-refractivity contribution in [1.82, 2.24) is 5.43 Å². The third-order valence-corrected chi connectivity index (χ3v) is 4.13. The second-order valence-electron chi connectivity index (χ2n) is 5.82. The summed E-state index contributed by atoms with van der Waals surface area (Å²) >= 11 is 0. The second kappa shape index (κ2) is 6.31. The number of hydrogen-bond donors (Lipinski definition) is 3. The molecule has 0 aromatic heterocycles. The van der Waals surface area contributed by atoms with E-state index < -0.39 is 18.1 Å². The van der Waals surface area contributed by atoms with E-state index in [4.69, 9.17) is 10.5 Å². The van der Waals surface area contributed by atoms with Crippen LogP contribution in [0.5, 0.6) is 0 Å². The zero-order valence-corrected chi connectivity index (χ0v) is 13.1. The Morgan fingerprint density at radius 3 is 2.71 bits per heavy atom. The molecule has 4 N–H and O–H groups in total. The Kier molecular flexibility index (Phi) is 4.20. The first-order valence-electron chi connectivity index (χ1n) is 7.74. The summed E-state index contributed by atoms with van der Waals surface area (Å²) in [5.74, 6) is -0.234. The van der Waals surface area contributed by atoms with Crippen LogP contribution < -0.4 is 16.5 Å². The fourth-order valence-electron chi connectivity index (χ4n) is 2.76. The molecule has 1 fully saturated rings. The van der Waals surface area contributed by atoms with Gasteiger partial charge in [0.2, 0.25) is 5.91 Å². The first-order chi connectivity index (χ1) is 11.5. The molecule has 3 rings (SSSR count).